The smallest absolute Gasteiger partial charge is 0.356 e. The van der Waals surface area contributed by atoms with E-state index in [1.807, 2.05) is 13.8 Å². The number of halogens is 3. The van der Waals surface area contributed by atoms with E-state index in [-0.39, 0.29) is 23.9 Å². The van der Waals surface area contributed by atoms with Crippen LogP contribution in [0.15, 0.2) is 36.5 Å². The number of hydrogen-bond acceptors (Lipinski definition) is 2. The minimum atomic E-state index is -4.43. The number of hydrogen-bond donors (Lipinski definition) is 2. The van der Waals surface area contributed by atoms with E-state index in [0.717, 1.165) is 12.1 Å². The summed E-state index contributed by atoms with van der Waals surface area (Å²) in [7, 11) is 0. The van der Waals surface area contributed by atoms with Crippen molar-refractivity contribution in [2.45, 2.75) is 33.0 Å². The number of benzene rings is 1. The number of H-pyrrole nitrogens is 1. The molecule has 1 heterocycles. The molecule has 7 heteroatoms. The minimum Gasteiger partial charge on any atom is -0.356 e. The number of nitrogens with one attached hydrogen (secondary N) is 2. The Morgan fingerprint density at radius 1 is 1.20 bits per heavy atom. The molecule has 0 unspecified atom stereocenters. The summed E-state index contributed by atoms with van der Waals surface area (Å²) < 4.78 is 38.0. The summed E-state index contributed by atoms with van der Waals surface area (Å²) in [4.78, 5) is 26.7. The van der Waals surface area contributed by atoms with Crippen LogP contribution in [0.1, 0.15) is 52.2 Å². The van der Waals surface area contributed by atoms with Crippen molar-refractivity contribution in [2.24, 2.45) is 5.92 Å². The molecule has 0 aliphatic rings. The van der Waals surface area contributed by atoms with E-state index in [1.165, 1.54) is 24.4 Å². The summed E-state index contributed by atoms with van der Waals surface area (Å²) in [6, 6.07) is 6.21. The summed E-state index contributed by atoms with van der Waals surface area (Å²) in [5, 5.41) is 2.54. The molecule has 0 atom stereocenters. The topological polar surface area (TPSA) is 62.0 Å². The first-order valence-electron chi connectivity index (χ1n) is 7.82. The van der Waals surface area contributed by atoms with Gasteiger partial charge in [0.2, 0.25) is 0 Å². The Morgan fingerprint density at radius 2 is 1.92 bits per heavy atom. The fourth-order valence-corrected chi connectivity index (χ4v) is 2.31. The second-order valence-corrected chi connectivity index (χ2v) is 6.20. The molecule has 2 N–H and O–H groups in total. The number of amides is 1. The molecule has 1 aromatic carbocycles. The molecule has 0 saturated carbocycles. The highest BCUT2D eigenvalue weighted by Crippen LogP contribution is 2.29. The van der Waals surface area contributed by atoms with Crippen LogP contribution < -0.4 is 5.32 Å². The van der Waals surface area contributed by atoms with Crippen LogP contribution >= 0.6 is 0 Å². The Bertz CT molecular complexity index is 764. The first kappa shape index (κ1) is 18.8. The summed E-state index contributed by atoms with van der Waals surface area (Å²) in [5.41, 5.74) is 0.184. The third-order valence-corrected chi connectivity index (χ3v) is 3.55. The standard InChI is InChI=1S/C18H19F3N2O2/c1-11(2)6-16(24)13-8-15(22-10-13)17(25)23-9-12-4-3-5-14(7-12)18(19,20)21/h3-5,7-8,10-11,22H,6,9H2,1-2H3,(H,23,25). The van der Waals surface area contributed by atoms with Gasteiger partial charge in [-0.3, -0.25) is 9.59 Å². The Balaban J connectivity index is 1.99. The first-order valence-corrected chi connectivity index (χ1v) is 7.82. The van der Waals surface area contributed by atoms with Crippen LogP contribution in [0.5, 0.6) is 0 Å². The van der Waals surface area contributed by atoms with Gasteiger partial charge in [-0.05, 0) is 29.7 Å². The molecule has 0 fully saturated rings. The van der Waals surface area contributed by atoms with Gasteiger partial charge in [-0.2, -0.15) is 13.2 Å². The molecule has 4 nitrogen and oxygen atoms in total. The van der Waals surface area contributed by atoms with E-state index >= 15 is 0 Å². The summed E-state index contributed by atoms with van der Waals surface area (Å²) in [6.45, 7) is 3.80. The van der Waals surface area contributed by atoms with Gasteiger partial charge in [0.1, 0.15) is 5.69 Å². The molecule has 0 saturated heterocycles. The molecule has 0 aliphatic carbocycles. The van der Waals surface area contributed by atoms with Crippen LogP contribution in [0.4, 0.5) is 13.2 Å². The van der Waals surface area contributed by atoms with Crippen molar-refractivity contribution < 1.29 is 22.8 Å². The minimum absolute atomic E-state index is 0.0446. The number of carbonyl (C=O) groups is 2. The molecular formula is C18H19F3N2O2. The zero-order valence-corrected chi connectivity index (χ0v) is 13.9. The summed E-state index contributed by atoms with van der Waals surface area (Å²) >= 11 is 0. The van der Waals surface area contributed by atoms with E-state index < -0.39 is 17.6 Å². The average molecular weight is 352 g/mol. The maximum atomic E-state index is 12.7. The summed E-state index contributed by atoms with van der Waals surface area (Å²) in [6.07, 6.45) is -2.59. The number of Topliss-reactive ketones (excluding diaryl/α,β-unsaturated/α-hetero) is 1. The van der Waals surface area contributed by atoms with Gasteiger partial charge in [-0.25, -0.2) is 0 Å². The monoisotopic (exact) mass is 352 g/mol. The number of ketones is 1. The van der Waals surface area contributed by atoms with Gasteiger partial charge in [0.05, 0.1) is 5.56 Å². The second-order valence-electron chi connectivity index (χ2n) is 6.20. The lowest BCUT2D eigenvalue weighted by Gasteiger charge is -2.09. The van der Waals surface area contributed by atoms with Crippen molar-refractivity contribution in [3.8, 4) is 0 Å². The quantitative estimate of drug-likeness (QED) is 0.766. The normalized spacial score (nSPS) is 11.6. The third-order valence-electron chi connectivity index (χ3n) is 3.55. The number of aromatic nitrogens is 1. The fraction of sp³-hybridized carbons (Fsp3) is 0.333. The maximum Gasteiger partial charge on any atom is 0.416 e. The van der Waals surface area contributed by atoms with Crippen molar-refractivity contribution in [2.75, 3.05) is 0 Å². The van der Waals surface area contributed by atoms with Crippen LogP contribution in [0, 0.1) is 5.92 Å². The molecule has 1 amide bonds. The van der Waals surface area contributed by atoms with Crippen molar-refractivity contribution in [1.29, 1.82) is 0 Å². The molecule has 25 heavy (non-hydrogen) atoms. The molecule has 2 rings (SSSR count). The molecule has 2 aromatic rings. The van der Waals surface area contributed by atoms with Gasteiger partial charge in [-0.1, -0.05) is 26.0 Å². The van der Waals surface area contributed by atoms with Crippen LogP contribution in [0.2, 0.25) is 0 Å². The highest BCUT2D eigenvalue weighted by molar-refractivity contribution is 6.00. The van der Waals surface area contributed by atoms with Crippen molar-refractivity contribution in [3.05, 3.63) is 58.9 Å². The van der Waals surface area contributed by atoms with Gasteiger partial charge >= 0.3 is 6.18 Å². The first-order chi connectivity index (χ1) is 11.7. The summed E-state index contributed by atoms with van der Waals surface area (Å²) in [5.74, 6) is -0.343. The predicted octanol–water partition coefficient (Wildman–Crippen LogP) is 4.19. The molecular weight excluding hydrogens is 333 g/mol. The van der Waals surface area contributed by atoms with Gasteiger partial charge in [-0.15, -0.1) is 0 Å². The molecule has 0 spiro atoms. The van der Waals surface area contributed by atoms with Gasteiger partial charge in [0.15, 0.2) is 5.78 Å². The fourth-order valence-electron chi connectivity index (χ4n) is 2.31. The highest BCUT2D eigenvalue weighted by atomic mass is 19.4. The number of carbonyl (C=O) groups excluding carboxylic acids is 2. The van der Waals surface area contributed by atoms with Gasteiger partial charge < -0.3 is 10.3 Å². The van der Waals surface area contributed by atoms with E-state index in [0.29, 0.717) is 17.5 Å². The van der Waals surface area contributed by atoms with Gasteiger partial charge in [0.25, 0.3) is 5.91 Å². The molecule has 134 valence electrons. The number of rotatable bonds is 6. The number of alkyl halides is 3. The predicted molar refractivity (Wildman–Crippen MR) is 87.2 cm³/mol. The van der Waals surface area contributed by atoms with Crippen LogP contribution in [0.3, 0.4) is 0 Å². The maximum absolute atomic E-state index is 12.7. The van der Waals surface area contributed by atoms with E-state index in [2.05, 4.69) is 10.3 Å². The van der Waals surface area contributed by atoms with Crippen LogP contribution in [0.25, 0.3) is 0 Å². The lowest BCUT2D eigenvalue weighted by Crippen LogP contribution is -2.23. The Kier molecular flexibility index (Phi) is 5.66. The van der Waals surface area contributed by atoms with E-state index in [1.54, 1.807) is 0 Å². The molecule has 0 bridgehead atoms. The van der Waals surface area contributed by atoms with Crippen molar-refractivity contribution >= 4 is 11.7 Å². The Morgan fingerprint density at radius 3 is 2.56 bits per heavy atom. The average Bonchev–Trinajstić information content (AvgIpc) is 3.01. The molecule has 1 aromatic heterocycles. The highest BCUT2D eigenvalue weighted by Gasteiger charge is 2.30. The van der Waals surface area contributed by atoms with Crippen molar-refractivity contribution in [3.63, 3.8) is 0 Å². The lowest BCUT2D eigenvalue weighted by molar-refractivity contribution is -0.137. The zero-order chi connectivity index (χ0) is 18.6. The zero-order valence-electron chi connectivity index (χ0n) is 13.9. The third kappa shape index (κ3) is 5.20. The van der Waals surface area contributed by atoms with E-state index in [4.69, 9.17) is 0 Å². The van der Waals surface area contributed by atoms with E-state index in [9.17, 15) is 22.8 Å². The van der Waals surface area contributed by atoms with Crippen LogP contribution in [-0.4, -0.2) is 16.7 Å². The second kappa shape index (κ2) is 7.55. The SMILES string of the molecule is CC(C)CC(=O)c1c[nH]c(C(=O)NCc2cccc(C(F)(F)F)c2)c1. The number of aromatic amines is 1. The van der Waals surface area contributed by atoms with Crippen LogP contribution in [-0.2, 0) is 12.7 Å². The van der Waals surface area contributed by atoms with Gasteiger partial charge in [0, 0.05) is 24.7 Å². The Hall–Kier alpha value is -2.57. The lowest BCUT2D eigenvalue weighted by atomic mass is 10.0. The largest absolute Gasteiger partial charge is 0.416 e. The van der Waals surface area contributed by atoms with Crippen molar-refractivity contribution in [1.82, 2.24) is 10.3 Å². The molecule has 0 radical (unpaired) electrons. The Labute approximate surface area is 143 Å². The molecule has 0 aliphatic heterocycles.